The van der Waals surface area contributed by atoms with Crippen molar-refractivity contribution in [1.29, 1.82) is 0 Å². The van der Waals surface area contributed by atoms with Crippen LogP contribution in [0.25, 0.3) is 5.57 Å². The minimum absolute atomic E-state index is 0.134. The number of hydrogen-bond acceptors (Lipinski definition) is 3. The number of fused-ring (bicyclic) bond motifs is 7. The monoisotopic (exact) mass is 489 g/mol. The average Bonchev–Trinajstić information content (AvgIpc) is 3.26. The predicted molar refractivity (Wildman–Crippen MR) is 146 cm³/mol. The largest absolute Gasteiger partial charge is 0.465 e. The Morgan fingerprint density at radius 3 is 2.36 bits per heavy atom. The maximum Gasteiger partial charge on any atom is 0.337 e. The molecule has 2 N–H and O–H groups in total. The molecule has 0 spiro atoms. The van der Waals surface area contributed by atoms with Crippen LogP contribution in [0.2, 0.25) is 0 Å². The summed E-state index contributed by atoms with van der Waals surface area (Å²) in [7, 11) is 1.45. The Labute approximate surface area is 218 Å². The average molecular weight is 490 g/mol. The lowest BCUT2D eigenvalue weighted by Crippen LogP contribution is -2.66. The smallest absolute Gasteiger partial charge is 0.337 e. The molecular formula is C33H47NO2. The number of allylic oxidation sites excluding steroid dienone is 2. The fourth-order valence-electron chi connectivity index (χ4n) is 11.2. The van der Waals surface area contributed by atoms with E-state index in [0.29, 0.717) is 27.7 Å². The van der Waals surface area contributed by atoms with Gasteiger partial charge < -0.3 is 10.5 Å². The number of carbonyl (C=O) groups excluding carboxylic acids is 1. The number of methoxy groups -OCH3 is 1. The quantitative estimate of drug-likeness (QED) is 0.434. The molecule has 5 aliphatic carbocycles. The number of ether oxygens (including phenoxy) is 1. The highest BCUT2D eigenvalue weighted by atomic mass is 16.5. The van der Waals surface area contributed by atoms with Crippen LogP contribution < -0.4 is 5.73 Å². The Kier molecular flexibility index (Phi) is 5.62. The predicted octanol–water partition coefficient (Wildman–Crippen LogP) is 7.64. The first kappa shape index (κ1) is 24.7. The molecular weight excluding hydrogens is 442 g/mol. The zero-order valence-electron chi connectivity index (χ0n) is 23.2. The van der Waals surface area contributed by atoms with Gasteiger partial charge in [0.25, 0.3) is 0 Å². The summed E-state index contributed by atoms with van der Waals surface area (Å²) in [4.78, 5) is 11.9. The molecule has 196 valence electrons. The van der Waals surface area contributed by atoms with Crippen LogP contribution in [-0.4, -0.2) is 18.6 Å². The SMILES string of the molecule is COC(=O)c1ccc(C2=CCC3(C)C(CCC4(C)C3CCC3C5CCCC5(N)CC[C@]34C)C2C)cc1. The highest BCUT2D eigenvalue weighted by Gasteiger charge is 2.68. The molecule has 0 heterocycles. The summed E-state index contributed by atoms with van der Waals surface area (Å²) >= 11 is 0. The highest BCUT2D eigenvalue weighted by Crippen LogP contribution is 2.74. The maximum atomic E-state index is 11.9. The Hall–Kier alpha value is -1.61. The van der Waals surface area contributed by atoms with E-state index >= 15 is 0 Å². The van der Waals surface area contributed by atoms with E-state index < -0.39 is 0 Å². The van der Waals surface area contributed by atoms with Gasteiger partial charge in [0, 0.05) is 5.54 Å². The number of nitrogens with two attached hydrogens (primary N) is 1. The van der Waals surface area contributed by atoms with Gasteiger partial charge in [-0.2, -0.15) is 0 Å². The van der Waals surface area contributed by atoms with E-state index in [1.807, 2.05) is 12.1 Å². The second-order valence-corrected chi connectivity index (χ2v) is 14.2. The van der Waals surface area contributed by atoms with Crippen LogP contribution in [0.1, 0.15) is 108 Å². The molecule has 3 heteroatoms. The Morgan fingerprint density at radius 1 is 0.889 bits per heavy atom. The molecule has 1 aromatic carbocycles. The molecule has 5 aliphatic rings. The van der Waals surface area contributed by atoms with E-state index in [2.05, 4.69) is 45.9 Å². The van der Waals surface area contributed by atoms with Gasteiger partial charge in [-0.15, -0.1) is 0 Å². The summed E-state index contributed by atoms with van der Waals surface area (Å²) in [5.41, 5.74) is 11.8. The molecule has 6 rings (SSSR count). The first-order valence-corrected chi connectivity index (χ1v) is 14.8. The standard InChI is InChI=1S/C33H47NO2/c1-21-24(22-8-10-23(11-9-22)29(35)36-5)14-17-30(2)25(21)15-18-32(4)28(30)13-12-26-27-7-6-16-33(27,34)20-19-31(26,32)3/h8-11,14,21,25-28H,6-7,12-13,15-20,34H2,1-5H3/t21?,25?,26?,27?,28?,30?,31-,32?,33?/m1/s1. The molecule has 1 aromatic rings. The molecule has 8 unspecified atom stereocenters. The second-order valence-electron chi connectivity index (χ2n) is 14.2. The molecule has 4 fully saturated rings. The summed E-state index contributed by atoms with van der Waals surface area (Å²) in [6.07, 6.45) is 15.8. The van der Waals surface area contributed by atoms with Crippen molar-refractivity contribution in [1.82, 2.24) is 0 Å². The lowest BCUT2D eigenvalue weighted by Gasteiger charge is -2.71. The minimum atomic E-state index is -0.261. The van der Waals surface area contributed by atoms with Crippen LogP contribution in [-0.2, 0) is 4.74 Å². The summed E-state index contributed by atoms with van der Waals surface area (Å²) in [5, 5.41) is 0. The summed E-state index contributed by atoms with van der Waals surface area (Å²) < 4.78 is 4.90. The molecule has 0 amide bonds. The molecule has 4 saturated carbocycles. The Bertz CT molecular complexity index is 1080. The van der Waals surface area contributed by atoms with Gasteiger partial charge in [-0.05, 0) is 127 Å². The summed E-state index contributed by atoms with van der Waals surface area (Å²) in [6.45, 7) is 10.5. The van der Waals surface area contributed by atoms with E-state index in [9.17, 15) is 4.79 Å². The van der Waals surface area contributed by atoms with Gasteiger partial charge in [-0.3, -0.25) is 0 Å². The third-order valence-corrected chi connectivity index (χ3v) is 13.3. The van der Waals surface area contributed by atoms with Crippen molar-refractivity contribution in [2.75, 3.05) is 7.11 Å². The van der Waals surface area contributed by atoms with Crippen LogP contribution in [0.4, 0.5) is 0 Å². The fourth-order valence-corrected chi connectivity index (χ4v) is 11.2. The minimum Gasteiger partial charge on any atom is -0.465 e. The fraction of sp³-hybridized carbons (Fsp3) is 0.727. The van der Waals surface area contributed by atoms with Crippen molar-refractivity contribution in [2.45, 2.75) is 97.4 Å². The lowest BCUT2D eigenvalue weighted by atomic mass is 9.34. The first-order chi connectivity index (χ1) is 17.1. The van der Waals surface area contributed by atoms with Crippen LogP contribution >= 0.6 is 0 Å². The number of benzene rings is 1. The van der Waals surface area contributed by atoms with Crippen molar-refractivity contribution < 1.29 is 9.53 Å². The zero-order chi connectivity index (χ0) is 25.5. The molecule has 0 aliphatic heterocycles. The molecule has 0 bridgehead atoms. The molecule has 0 radical (unpaired) electrons. The molecule has 36 heavy (non-hydrogen) atoms. The van der Waals surface area contributed by atoms with E-state index in [1.165, 1.54) is 82.5 Å². The van der Waals surface area contributed by atoms with Gasteiger partial charge in [0.05, 0.1) is 12.7 Å². The number of carbonyl (C=O) groups is 1. The molecule has 9 atom stereocenters. The zero-order valence-corrected chi connectivity index (χ0v) is 23.2. The number of hydrogen-bond donors (Lipinski definition) is 1. The first-order valence-electron chi connectivity index (χ1n) is 14.8. The van der Waals surface area contributed by atoms with Gasteiger partial charge >= 0.3 is 5.97 Å². The van der Waals surface area contributed by atoms with Gasteiger partial charge in [0.1, 0.15) is 0 Å². The normalized spacial score (nSPS) is 47.6. The van der Waals surface area contributed by atoms with E-state index in [0.717, 1.165) is 23.7 Å². The van der Waals surface area contributed by atoms with E-state index in [1.54, 1.807) is 0 Å². The van der Waals surface area contributed by atoms with Gasteiger partial charge in [0.15, 0.2) is 0 Å². The molecule has 0 aromatic heterocycles. The van der Waals surface area contributed by atoms with E-state index in [4.69, 9.17) is 10.5 Å². The van der Waals surface area contributed by atoms with E-state index in [-0.39, 0.29) is 11.5 Å². The van der Waals surface area contributed by atoms with Crippen LogP contribution in [0, 0.1) is 45.8 Å². The maximum absolute atomic E-state index is 11.9. The van der Waals surface area contributed by atoms with Crippen molar-refractivity contribution >= 4 is 11.5 Å². The van der Waals surface area contributed by atoms with Gasteiger partial charge in [0.2, 0.25) is 0 Å². The lowest BCUT2D eigenvalue weighted by molar-refractivity contribution is -0.209. The number of esters is 1. The summed E-state index contributed by atoms with van der Waals surface area (Å²) in [5.74, 6) is 3.37. The topological polar surface area (TPSA) is 52.3 Å². The number of rotatable bonds is 2. The van der Waals surface area contributed by atoms with Crippen LogP contribution in [0.15, 0.2) is 30.3 Å². The third kappa shape index (κ3) is 3.17. The Morgan fingerprint density at radius 2 is 1.64 bits per heavy atom. The van der Waals surface area contributed by atoms with Crippen molar-refractivity contribution in [3.63, 3.8) is 0 Å². The summed E-state index contributed by atoms with van der Waals surface area (Å²) in [6, 6.07) is 8.09. The van der Waals surface area contributed by atoms with Gasteiger partial charge in [-0.25, -0.2) is 4.79 Å². The molecule has 0 saturated heterocycles. The Balaban J connectivity index is 1.31. The second kappa shape index (κ2) is 8.19. The highest BCUT2D eigenvalue weighted by molar-refractivity contribution is 5.89. The molecule has 3 nitrogen and oxygen atoms in total. The van der Waals surface area contributed by atoms with Crippen molar-refractivity contribution in [3.8, 4) is 0 Å². The van der Waals surface area contributed by atoms with Crippen LogP contribution in [0.5, 0.6) is 0 Å². The van der Waals surface area contributed by atoms with Crippen molar-refractivity contribution in [3.05, 3.63) is 41.5 Å². The van der Waals surface area contributed by atoms with Crippen molar-refractivity contribution in [2.24, 2.45) is 51.6 Å². The third-order valence-electron chi connectivity index (χ3n) is 13.3. The van der Waals surface area contributed by atoms with Crippen LogP contribution in [0.3, 0.4) is 0 Å². The van der Waals surface area contributed by atoms with Gasteiger partial charge in [-0.1, -0.05) is 52.3 Å².